The second-order valence-corrected chi connectivity index (χ2v) is 7.42. The van der Waals surface area contributed by atoms with E-state index < -0.39 is 0 Å². The Morgan fingerprint density at radius 2 is 2.04 bits per heavy atom. The molecule has 1 fully saturated rings. The molecule has 1 aliphatic heterocycles. The highest BCUT2D eigenvalue weighted by Crippen LogP contribution is 2.31. The van der Waals surface area contributed by atoms with Crippen molar-refractivity contribution in [2.75, 3.05) is 13.1 Å². The van der Waals surface area contributed by atoms with Crippen molar-refractivity contribution in [1.82, 2.24) is 29.9 Å². The maximum Gasteiger partial charge on any atom is 0.255 e. The van der Waals surface area contributed by atoms with Gasteiger partial charge >= 0.3 is 0 Å². The third kappa shape index (κ3) is 2.66. The van der Waals surface area contributed by atoms with E-state index in [1.165, 1.54) is 9.88 Å². The average molecular weight is 342 g/mol. The average Bonchev–Trinajstić information content (AvgIpc) is 3.20. The number of carbonyl (C=O) groups is 1. The predicted octanol–water partition coefficient (Wildman–Crippen LogP) is 2.15. The number of thiazole rings is 1. The Balaban J connectivity index is 1.47. The van der Waals surface area contributed by atoms with Crippen LogP contribution in [0.5, 0.6) is 0 Å². The third-order valence-corrected chi connectivity index (χ3v) is 5.53. The molecule has 0 radical (unpaired) electrons. The van der Waals surface area contributed by atoms with Crippen molar-refractivity contribution in [2.45, 2.75) is 25.7 Å². The molecule has 4 rings (SSSR count). The molecule has 0 N–H and O–H groups in total. The van der Waals surface area contributed by atoms with Crippen LogP contribution < -0.4 is 0 Å². The van der Waals surface area contributed by atoms with Gasteiger partial charge in [-0.15, -0.1) is 16.4 Å². The highest BCUT2D eigenvalue weighted by atomic mass is 32.1. The van der Waals surface area contributed by atoms with E-state index >= 15 is 0 Å². The van der Waals surface area contributed by atoms with Crippen LogP contribution in [0, 0.1) is 6.92 Å². The maximum absolute atomic E-state index is 12.7. The lowest BCUT2D eigenvalue weighted by molar-refractivity contribution is 0.0712. The second-order valence-electron chi connectivity index (χ2n) is 6.16. The molecule has 24 heavy (non-hydrogen) atoms. The van der Waals surface area contributed by atoms with Crippen molar-refractivity contribution in [1.29, 1.82) is 0 Å². The van der Waals surface area contributed by atoms with E-state index in [2.05, 4.69) is 27.2 Å². The summed E-state index contributed by atoms with van der Waals surface area (Å²) in [6.07, 6.45) is 5.46. The topological polar surface area (TPSA) is 76.8 Å². The Morgan fingerprint density at radius 3 is 2.75 bits per heavy atom. The summed E-state index contributed by atoms with van der Waals surface area (Å²) >= 11 is 1.76. The number of carbonyl (C=O) groups excluding carboxylic acids is 1. The summed E-state index contributed by atoms with van der Waals surface area (Å²) in [6.45, 7) is 3.58. The van der Waals surface area contributed by atoms with Gasteiger partial charge in [0.1, 0.15) is 5.52 Å². The molecule has 1 saturated heterocycles. The fourth-order valence-corrected chi connectivity index (χ4v) is 4.06. The molecule has 3 aromatic rings. The van der Waals surface area contributed by atoms with Gasteiger partial charge in [0, 0.05) is 43.3 Å². The molecule has 0 aliphatic carbocycles. The number of piperidine rings is 1. The molecule has 0 atom stereocenters. The molecule has 0 bridgehead atoms. The third-order valence-electron chi connectivity index (χ3n) is 4.46. The number of likely N-dealkylation sites (tertiary alicyclic amines) is 1. The normalized spacial score (nSPS) is 16.0. The number of hydrogen-bond acceptors (Lipinski definition) is 6. The quantitative estimate of drug-likeness (QED) is 0.713. The van der Waals surface area contributed by atoms with Gasteiger partial charge in [0.25, 0.3) is 5.91 Å². The number of aromatic nitrogens is 5. The van der Waals surface area contributed by atoms with Crippen LogP contribution in [0.25, 0.3) is 11.2 Å². The number of hydrogen-bond donors (Lipinski definition) is 0. The lowest BCUT2D eigenvalue weighted by Gasteiger charge is -2.31. The van der Waals surface area contributed by atoms with E-state index in [4.69, 9.17) is 0 Å². The summed E-state index contributed by atoms with van der Waals surface area (Å²) in [4.78, 5) is 24.7. The Labute approximate surface area is 143 Å². The molecule has 1 aliphatic rings. The summed E-state index contributed by atoms with van der Waals surface area (Å²) in [5, 5.41) is 9.16. The van der Waals surface area contributed by atoms with Gasteiger partial charge in [-0.25, -0.2) is 14.6 Å². The highest BCUT2D eigenvalue weighted by Gasteiger charge is 2.26. The molecule has 1 amide bonds. The smallest absolute Gasteiger partial charge is 0.255 e. The molecule has 0 saturated carbocycles. The van der Waals surface area contributed by atoms with Gasteiger partial charge in [-0.1, -0.05) is 5.21 Å². The zero-order valence-electron chi connectivity index (χ0n) is 13.6. The number of rotatable bonds is 2. The Kier molecular flexibility index (Phi) is 3.76. The first kappa shape index (κ1) is 15.2. The van der Waals surface area contributed by atoms with Gasteiger partial charge < -0.3 is 4.90 Å². The van der Waals surface area contributed by atoms with Crippen molar-refractivity contribution >= 4 is 28.4 Å². The summed E-state index contributed by atoms with van der Waals surface area (Å²) < 4.78 is 1.60. The van der Waals surface area contributed by atoms with Gasteiger partial charge in [0.05, 0.1) is 10.6 Å². The van der Waals surface area contributed by atoms with Crippen LogP contribution >= 0.6 is 11.3 Å². The van der Waals surface area contributed by atoms with Crippen LogP contribution in [-0.4, -0.2) is 48.9 Å². The molecular formula is C16H18N6OS. The van der Waals surface area contributed by atoms with Gasteiger partial charge in [0.2, 0.25) is 0 Å². The fourth-order valence-electron chi connectivity index (χ4n) is 3.12. The SMILES string of the molecule is Cc1cnc(C2CCN(C(=O)c3cnc4c(c3)nnn4C)CC2)s1. The highest BCUT2D eigenvalue weighted by molar-refractivity contribution is 7.11. The Bertz CT molecular complexity index is 893. The first-order valence-corrected chi connectivity index (χ1v) is 8.80. The summed E-state index contributed by atoms with van der Waals surface area (Å²) in [5.41, 5.74) is 1.91. The standard InChI is InChI=1S/C16H18N6OS/c1-10-8-18-15(24-10)11-3-5-22(6-4-11)16(23)12-7-13-14(17-9-12)21(2)20-19-13/h7-9,11H,3-6H2,1-2H3. The van der Waals surface area contributed by atoms with Crippen LogP contribution in [0.1, 0.15) is 39.0 Å². The van der Waals surface area contributed by atoms with Crippen molar-refractivity contribution < 1.29 is 4.79 Å². The Hall–Kier alpha value is -2.35. The van der Waals surface area contributed by atoms with Crippen LogP contribution in [0.4, 0.5) is 0 Å². The summed E-state index contributed by atoms with van der Waals surface area (Å²) in [7, 11) is 1.79. The first-order valence-electron chi connectivity index (χ1n) is 7.99. The molecule has 0 unspecified atom stereocenters. The van der Waals surface area contributed by atoms with E-state index in [1.807, 2.05) is 11.1 Å². The first-order chi connectivity index (χ1) is 11.6. The van der Waals surface area contributed by atoms with Gasteiger partial charge in [-0.05, 0) is 25.8 Å². The van der Waals surface area contributed by atoms with Crippen molar-refractivity contribution in [2.24, 2.45) is 7.05 Å². The largest absolute Gasteiger partial charge is 0.339 e. The van der Waals surface area contributed by atoms with Crippen molar-refractivity contribution in [3.05, 3.63) is 33.9 Å². The molecule has 7 nitrogen and oxygen atoms in total. The van der Waals surface area contributed by atoms with E-state index in [0.29, 0.717) is 22.6 Å². The lowest BCUT2D eigenvalue weighted by Crippen LogP contribution is -2.38. The number of pyridine rings is 1. The molecule has 3 aromatic heterocycles. The van der Waals surface area contributed by atoms with E-state index in [9.17, 15) is 4.79 Å². The minimum absolute atomic E-state index is 0.0174. The summed E-state index contributed by atoms with van der Waals surface area (Å²) in [6, 6.07) is 1.77. The zero-order valence-corrected chi connectivity index (χ0v) is 14.5. The molecule has 0 aromatic carbocycles. The van der Waals surface area contributed by atoms with Gasteiger partial charge in [-0.2, -0.15) is 0 Å². The molecule has 124 valence electrons. The van der Waals surface area contributed by atoms with Crippen LogP contribution in [0.3, 0.4) is 0 Å². The van der Waals surface area contributed by atoms with Gasteiger partial charge in [-0.3, -0.25) is 4.79 Å². The zero-order chi connectivity index (χ0) is 16.7. The van der Waals surface area contributed by atoms with Gasteiger partial charge in [0.15, 0.2) is 5.65 Å². The Morgan fingerprint density at radius 1 is 1.25 bits per heavy atom. The number of amides is 1. The maximum atomic E-state index is 12.7. The van der Waals surface area contributed by atoms with Crippen LogP contribution in [0.2, 0.25) is 0 Å². The molecular weight excluding hydrogens is 324 g/mol. The summed E-state index contributed by atoms with van der Waals surface area (Å²) in [5.74, 6) is 0.483. The minimum Gasteiger partial charge on any atom is -0.339 e. The number of aryl methyl sites for hydroxylation is 2. The van der Waals surface area contributed by atoms with E-state index in [1.54, 1.807) is 35.3 Å². The lowest BCUT2D eigenvalue weighted by atomic mass is 9.97. The fraction of sp³-hybridized carbons (Fsp3) is 0.438. The minimum atomic E-state index is 0.0174. The van der Waals surface area contributed by atoms with Crippen LogP contribution in [-0.2, 0) is 7.05 Å². The van der Waals surface area contributed by atoms with Crippen molar-refractivity contribution in [3.63, 3.8) is 0 Å². The second kappa shape index (κ2) is 5.94. The van der Waals surface area contributed by atoms with Crippen molar-refractivity contribution in [3.8, 4) is 0 Å². The monoisotopic (exact) mass is 342 g/mol. The predicted molar refractivity (Wildman–Crippen MR) is 91.0 cm³/mol. The van der Waals surface area contributed by atoms with E-state index in [0.717, 1.165) is 25.9 Å². The molecule has 0 spiro atoms. The molecule has 8 heteroatoms. The van der Waals surface area contributed by atoms with Crippen LogP contribution in [0.15, 0.2) is 18.5 Å². The van der Waals surface area contributed by atoms with E-state index in [-0.39, 0.29) is 5.91 Å². The number of fused-ring (bicyclic) bond motifs is 1. The number of nitrogens with zero attached hydrogens (tertiary/aromatic N) is 6. The molecule has 4 heterocycles.